The SMILES string of the molecule is O=C(CC1CCCN1)NCc1ccc(N2CCOCC2)nc1. The third-order valence-corrected chi connectivity index (χ3v) is 4.23. The summed E-state index contributed by atoms with van der Waals surface area (Å²) < 4.78 is 5.34. The number of aromatic nitrogens is 1. The van der Waals surface area contributed by atoms with Gasteiger partial charge in [0.15, 0.2) is 0 Å². The molecule has 2 aliphatic heterocycles. The van der Waals surface area contributed by atoms with E-state index in [9.17, 15) is 4.79 Å². The number of morpholine rings is 1. The summed E-state index contributed by atoms with van der Waals surface area (Å²) in [6, 6.07) is 4.40. The second kappa shape index (κ2) is 7.56. The molecule has 1 aromatic rings. The van der Waals surface area contributed by atoms with Crippen molar-refractivity contribution in [3.05, 3.63) is 23.9 Å². The molecule has 0 spiro atoms. The van der Waals surface area contributed by atoms with Crippen molar-refractivity contribution in [3.8, 4) is 0 Å². The van der Waals surface area contributed by atoms with Gasteiger partial charge in [-0.05, 0) is 31.0 Å². The number of anilines is 1. The number of rotatable bonds is 5. The topological polar surface area (TPSA) is 66.5 Å². The normalized spacial score (nSPS) is 21.8. The molecule has 1 amide bonds. The first-order valence-electron chi connectivity index (χ1n) is 8.09. The number of amides is 1. The molecule has 22 heavy (non-hydrogen) atoms. The third kappa shape index (κ3) is 4.18. The van der Waals surface area contributed by atoms with Crippen molar-refractivity contribution in [1.29, 1.82) is 0 Å². The summed E-state index contributed by atoms with van der Waals surface area (Å²) in [4.78, 5) is 18.6. The highest BCUT2D eigenvalue weighted by Crippen LogP contribution is 2.13. The minimum absolute atomic E-state index is 0.108. The Bertz CT molecular complexity index is 479. The molecular weight excluding hydrogens is 280 g/mol. The number of hydrogen-bond donors (Lipinski definition) is 2. The van der Waals surface area contributed by atoms with Gasteiger partial charge in [0.2, 0.25) is 5.91 Å². The van der Waals surface area contributed by atoms with E-state index in [4.69, 9.17) is 4.74 Å². The van der Waals surface area contributed by atoms with Crippen LogP contribution in [-0.4, -0.2) is 49.8 Å². The van der Waals surface area contributed by atoms with E-state index >= 15 is 0 Å². The largest absolute Gasteiger partial charge is 0.378 e. The van der Waals surface area contributed by atoms with Crippen molar-refractivity contribution in [2.24, 2.45) is 0 Å². The van der Waals surface area contributed by atoms with Gasteiger partial charge in [-0.15, -0.1) is 0 Å². The van der Waals surface area contributed by atoms with Crippen molar-refractivity contribution in [2.75, 3.05) is 37.7 Å². The van der Waals surface area contributed by atoms with Crippen molar-refractivity contribution in [2.45, 2.75) is 31.8 Å². The Hall–Kier alpha value is -1.66. The number of pyridine rings is 1. The second-order valence-electron chi connectivity index (χ2n) is 5.90. The van der Waals surface area contributed by atoms with Crippen molar-refractivity contribution < 1.29 is 9.53 Å². The molecule has 6 heteroatoms. The molecule has 2 fully saturated rings. The Labute approximate surface area is 131 Å². The number of carbonyl (C=O) groups is 1. The van der Waals surface area contributed by atoms with Crippen LogP contribution in [0.1, 0.15) is 24.8 Å². The molecule has 3 rings (SSSR count). The third-order valence-electron chi connectivity index (χ3n) is 4.23. The first kappa shape index (κ1) is 15.2. The van der Waals surface area contributed by atoms with Gasteiger partial charge in [0.1, 0.15) is 5.82 Å². The standard InChI is InChI=1S/C16H24N4O2/c21-16(10-14-2-1-5-17-14)19-12-13-3-4-15(18-11-13)20-6-8-22-9-7-20/h3-4,11,14,17H,1-2,5-10,12H2,(H,19,21). The summed E-state index contributed by atoms with van der Waals surface area (Å²) in [5, 5.41) is 6.31. The highest BCUT2D eigenvalue weighted by molar-refractivity contribution is 5.76. The average Bonchev–Trinajstić information content (AvgIpc) is 3.07. The molecule has 1 aromatic heterocycles. The zero-order valence-electron chi connectivity index (χ0n) is 12.9. The van der Waals surface area contributed by atoms with Gasteiger partial charge in [0, 0.05) is 38.3 Å². The van der Waals surface area contributed by atoms with E-state index in [1.807, 2.05) is 18.3 Å². The van der Waals surface area contributed by atoms with Gasteiger partial charge in [-0.2, -0.15) is 0 Å². The quantitative estimate of drug-likeness (QED) is 0.837. The fraction of sp³-hybridized carbons (Fsp3) is 0.625. The molecule has 2 aliphatic rings. The monoisotopic (exact) mass is 304 g/mol. The summed E-state index contributed by atoms with van der Waals surface area (Å²) in [7, 11) is 0. The number of nitrogens with zero attached hydrogens (tertiary/aromatic N) is 2. The van der Waals surface area contributed by atoms with Crippen LogP contribution < -0.4 is 15.5 Å². The maximum absolute atomic E-state index is 11.9. The number of ether oxygens (including phenoxy) is 1. The smallest absolute Gasteiger partial charge is 0.221 e. The minimum atomic E-state index is 0.108. The summed E-state index contributed by atoms with van der Waals surface area (Å²) in [5.41, 5.74) is 1.03. The molecule has 2 N–H and O–H groups in total. The van der Waals surface area contributed by atoms with Gasteiger partial charge in [0.25, 0.3) is 0 Å². The maximum Gasteiger partial charge on any atom is 0.221 e. The predicted molar refractivity (Wildman–Crippen MR) is 84.8 cm³/mol. The fourth-order valence-electron chi connectivity index (χ4n) is 2.93. The lowest BCUT2D eigenvalue weighted by Gasteiger charge is -2.27. The highest BCUT2D eigenvalue weighted by atomic mass is 16.5. The van der Waals surface area contributed by atoms with E-state index in [-0.39, 0.29) is 5.91 Å². The average molecular weight is 304 g/mol. The van der Waals surface area contributed by atoms with Gasteiger partial charge in [0.05, 0.1) is 13.2 Å². The molecule has 0 bridgehead atoms. The van der Waals surface area contributed by atoms with Gasteiger partial charge in [-0.25, -0.2) is 4.98 Å². The first-order chi connectivity index (χ1) is 10.8. The maximum atomic E-state index is 11.9. The van der Waals surface area contributed by atoms with Crippen molar-refractivity contribution >= 4 is 11.7 Å². The Morgan fingerprint density at radius 1 is 1.41 bits per heavy atom. The molecule has 120 valence electrons. The zero-order chi connectivity index (χ0) is 15.2. The second-order valence-corrected chi connectivity index (χ2v) is 5.90. The van der Waals surface area contributed by atoms with Crippen LogP contribution in [0.5, 0.6) is 0 Å². The van der Waals surface area contributed by atoms with Crippen LogP contribution in [0.15, 0.2) is 18.3 Å². The van der Waals surface area contributed by atoms with Crippen LogP contribution in [0.25, 0.3) is 0 Å². The lowest BCUT2D eigenvalue weighted by atomic mass is 10.1. The van der Waals surface area contributed by atoms with Gasteiger partial charge in [-0.3, -0.25) is 4.79 Å². The van der Waals surface area contributed by atoms with E-state index < -0.39 is 0 Å². The van der Waals surface area contributed by atoms with Gasteiger partial charge < -0.3 is 20.3 Å². The Morgan fingerprint density at radius 3 is 2.95 bits per heavy atom. The Balaban J connectivity index is 1.45. The molecule has 2 saturated heterocycles. The van der Waals surface area contributed by atoms with Crippen molar-refractivity contribution in [1.82, 2.24) is 15.6 Å². The van der Waals surface area contributed by atoms with Crippen molar-refractivity contribution in [3.63, 3.8) is 0 Å². The minimum Gasteiger partial charge on any atom is -0.378 e. The van der Waals surface area contributed by atoms with Crippen LogP contribution in [0.4, 0.5) is 5.82 Å². The Morgan fingerprint density at radius 2 is 2.27 bits per heavy atom. The molecule has 1 atom stereocenters. The van der Waals surface area contributed by atoms with Crippen LogP contribution in [0.3, 0.4) is 0 Å². The van der Waals surface area contributed by atoms with Crippen LogP contribution >= 0.6 is 0 Å². The fourth-order valence-corrected chi connectivity index (χ4v) is 2.93. The van der Waals surface area contributed by atoms with E-state index in [2.05, 4.69) is 20.5 Å². The highest BCUT2D eigenvalue weighted by Gasteiger charge is 2.17. The molecular formula is C16H24N4O2. The van der Waals surface area contributed by atoms with Gasteiger partial charge in [-0.1, -0.05) is 6.07 Å². The predicted octanol–water partition coefficient (Wildman–Crippen LogP) is 0.677. The van der Waals surface area contributed by atoms with Crippen LogP contribution in [0.2, 0.25) is 0 Å². The van der Waals surface area contributed by atoms with E-state index in [0.717, 1.165) is 50.7 Å². The van der Waals surface area contributed by atoms with E-state index in [1.54, 1.807) is 0 Å². The summed E-state index contributed by atoms with van der Waals surface area (Å²) in [5.74, 6) is 1.09. The molecule has 0 saturated carbocycles. The molecule has 1 unspecified atom stereocenters. The Kier molecular flexibility index (Phi) is 5.24. The lowest BCUT2D eigenvalue weighted by molar-refractivity contribution is -0.121. The molecule has 6 nitrogen and oxygen atoms in total. The first-order valence-corrected chi connectivity index (χ1v) is 8.09. The molecule has 0 radical (unpaired) electrons. The molecule has 0 aromatic carbocycles. The van der Waals surface area contributed by atoms with Crippen LogP contribution in [0, 0.1) is 0 Å². The number of carbonyl (C=O) groups excluding carboxylic acids is 1. The summed E-state index contributed by atoms with van der Waals surface area (Å²) in [6.07, 6.45) is 4.69. The van der Waals surface area contributed by atoms with Gasteiger partial charge >= 0.3 is 0 Å². The van der Waals surface area contributed by atoms with E-state index in [0.29, 0.717) is 19.0 Å². The van der Waals surface area contributed by atoms with Crippen LogP contribution in [-0.2, 0) is 16.1 Å². The van der Waals surface area contributed by atoms with E-state index in [1.165, 1.54) is 6.42 Å². The zero-order valence-corrected chi connectivity index (χ0v) is 12.9. The summed E-state index contributed by atoms with van der Waals surface area (Å²) in [6.45, 7) is 4.87. The summed E-state index contributed by atoms with van der Waals surface area (Å²) >= 11 is 0. The lowest BCUT2D eigenvalue weighted by Crippen LogP contribution is -2.36. The molecule has 0 aliphatic carbocycles. The number of nitrogens with one attached hydrogen (secondary N) is 2. The molecule has 3 heterocycles. The number of hydrogen-bond acceptors (Lipinski definition) is 5.